The van der Waals surface area contributed by atoms with Crippen LogP contribution in [0.4, 0.5) is 0 Å². The van der Waals surface area contributed by atoms with Crippen LogP contribution in [0.1, 0.15) is 144 Å². The van der Waals surface area contributed by atoms with Crippen molar-refractivity contribution in [2.75, 3.05) is 11.9 Å². The number of thioether (sulfide) groups is 2. The van der Waals surface area contributed by atoms with E-state index < -0.39 is 31.2 Å². The van der Waals surface area contributed by atoms with Crippen molar-refractivity contribution in [1.82, 2.24) is 10.2 Å². The minimum Gasteiger partial charge on any atom is -0.329 e. The maximum atomic E-state index is 12.2. The molecule has 0 radical (unpaired) electrons. The van der Waals surface area contributed by atoms with Gasteiger partial charge in [0.15, 0.2) is 0 Å². The monoisotopic (exact) mass is 706 g/mol. The van der Waals surface area contributed by atoms with Gasteiger partial charge in [0.1, 0.15) is 11.9 Å². The molecule has 1 rings (SSSR count). The molecule has 43 heavy (non-hydrogen) atoms. The number of hydrogen-bond donors (Lipinski definition) is 0. The Kier molecular flexibility index (Phi) is 20.3. The Balaban J connectivity index is 2.36. The van der Waals surface area contributed by atoms with Gasteiger partial charge in [-0.05, 0) is 24.2 Å². The molecule has 0 amide bonds. The molecule has 10 nitrogen and oxygen atoms in total. The molecule has 1 aromatic rings. The second-order valence-corrected chi connectivity index (χ2v) is 18.4. The van der Waals surface area contributed by atoms with Gasteiger partial charge in [-0.25, -0.2) is 8.37 Å². The fraction of sp³-hybridized carbons (Fsp3) is 0.929. The predicted octanol–water partition coefficient (Wildman–Crippen LogP) is 9.04. The first-order valence-electron chi connectivity index (χ1n) is 15.5. The Labute approximate surface area is 274 Å². The van der Waals surface area contributed by atoms with Gasteiger partial charge in [0, 0.05) is 9.49 Å². The molecule has 0 fully saturated rings. The summed E-state index contributed by atoms with van der Waals surface area (Å²) in [5, 5.41) is 6.21. The molecule has 0 aliphatic rings. The van der Waals surface area contributed by atoms with Crippen molar-refractivity contribution in [1.29, 1.82) is 0 Å². The lowest BCUT2D eigenvalue weighted by Gasteiger charge is -2.23. The van der Waals surface area contributed by atoms with E-state index in [0.29, 0.717) is 11.3 Å². The summed E-state index contributed by atoms with van der Waals surface area (Å²) in [5.74, 6) is -0.244. The molecule has 0 saturated carbocycles. The molecular formula is C28H54N2O8S5. The Hall–Kier alpha value is -0.320. The average molecular weight is 707 g/mol. The number of unbranched alkanes of at least 4 members (excludes halogenated alkanes) is 12. The minimum absolute atomic E-state index is 0.122. The topological polar surface area (TPSA) is 131 Å². The third kappa shape index (κ3) is 21.9. The third-order valence-corrected chi connectivity index (χ3v) is 12.0. The molecule has 0 unspecified atom stereocenters. The van der Waals surface area contributed by atoms with Crippen LogP contribution in [0.25, 0.3) is 0 Å². The van der Waals surface area contributed by atoms with Crippen molar-refractivity contribution >= 4 is 55.7 Å². The van der Waals surface area contributed by atoms with Gasteiger partial charge in [0.05, 0.1) is 0 Å². The second kappa shape index (κ2) is 21.5. The summed E-state index contributed by atoms with van der Waals surface area (Å²) in [6.45, 7) is 12.6. The maximum Gasteiger partial charge on any atom is 0.452 e. The van der Waals surface area contributed by atoms with Crippen molar-refractivity contribution in [3.8, 4) is 10.4 Å². The van der Waals surface area contributed by atoms with E-state index in [0.717, 1.165) is 38.5 Å². The summed E-state index contributed by atoms with van der Waals surface area (Å²) >= 11 is 3.27. The zero-order chi connectivity index (χ0) is 32.2. The summed E-state index contributed by atoms with van der Waals surface area (Å²) in [5.41, 5.74) is 0. The largest absolute Gasteiger partial charge is 0.452 e. The Bertz CT molecular complexity index is 996. The minimum atomic E-state index is -4.42. The second-order valence-electron chi connectivity index (χ2n) is 11.8. The Morgan fingerprint density at radius 1 is 0.581 bits per heavy atom. The van der Waals surface area contributed by atoms with E-state index in [9.17, 15) is 16.8 Å². The van der Waals surface area contributed by atoms with Gasteiger partial charge in [-0.1, -0.05) is 142 Å². The summed E-state index contributed by atoms with van der Waals surface area (Å²) in [7, 11) is -8.85. The molecule has 0 aliphatic heterocycles. The number of hydrogen-bond acceptors (Lipinski definition) is 13. The van der Waals surface area contributed by atoms with Gasteiger partial charge in [-0.15, -0.1) is 23.5 Å². The van der Waals surface area contributed by atoms with Crippen molar-refractivity contribution in [2.45, 2.75) is 154 Å². The standard InChI is InChI=1S/C28H54N2O8S5/c1-7-9-11-13-15-17-19-21-27(3,4)39-23-35-42(31,32)37-25-29-30-26(41-25)38-43(33,34)36-24-40-28(5,6)22-20-18-16-14-12-10-8-2/h7-24H2,1-6H3. The van der Waals surface area contributed by atoms with E-state index in [2.05, 4.69) is 51.7 Å². The van der Waals surface area contributed by atoms with Crippen LogP contribution >= 0.6 is 34.9 Å². The van der Waals surface area contributed by atoms with Crippen LogP contribution in [0.2, 0.25) is 0 Å². The molecule has 1 heterocycles. The highest BCUT2D eigenvalue weighted by Gasteiger charge is 2.25. The normalized spacial score (nSPS) is 13.0. The van der Waals surface area contributed by atoms with E-state index in [1.54, 1.807) is 0 Å². The summed E-state index contributed by atoms with van der Waals surface area (Å²) < 4.78 is 68.2. The van der Waals surface area contributed by atoms with E-state index in [-0.39, 0.29) is 21.4 Å². The highest BCUT2D eigenvalue weighted by Crippen LogP contribution is 2.33. The first kappa shape index (κ1) is 40.7. The summed E-state index contributed by atoms with van der Waals surface area (Å²) in [6, 6.07) is 0. The van der Waals surface area contributed by atoms with E-state index >= 15 is 0 Å². The van der Waals surface area contributed by atoms with Gasteiger partial charge >= 0.3 is 31.2 Å². The van der Waals surface area contributed by atoms with Gasteiger partial charge in [-0.3, -0.25) is 0 Å². The molecule has 0 bridgehead atoms. The molecule has 1 aromatic heterocycles. The van der Waals surface area contributed by atoms with Gasteiger partial charge < -0.3 is 8.37 Å². The lowest BCUT2D eigenvalue weighted by molar-refractivity contribution is 0.313. The Morgan fingerprint density at radius 3 is 1.26 bits per heavy atom. The van der Waals surface area contributed by atoms with Gasteiger partial charge in [0.25, 0.3) is 0 Å². The molecule has 0 atom stereocenters. The number of nitrogens with zero attached hydrogens (tertiary/aromatic N) is 2. The van der Waals surface area contributed by atoms with E-state index in [1.165, 1.54) is 87.7 Å². The smallest absolute Gasteiger partial charge is 0.329 e. The predicted molar refractivity (Wildman–Crippen MR) is 179 cm³/mol. The van der Waals surface area contributed by atoms with Crippen LogP contribution < -0.4 is 8.37 Å². The van der Waals surface area contributed by atoms with E-state index in [1.807, 2.05) is 0 Å². The molecule has 0 N–H and O–H groups in total. The van der Waals surface area contributed by atoms with E-state index in [4.69, 9.17) is 16.7 Å². The molecule has 254 valence electrons. The van der Waals surface area contributed by atoms with Crippen molar-refractivity contribution < 1.29 is 33.6 Å². The van der Waals surface area contributed by atoms with Crippen LogP contribution in [0, 0.1) is 0 Å². The lowest BCUT2D eigenvalue weighted by Crippen LogP contribution is -2.19. The van der Waals surface area contributed by atoms with Crippen LogP contribution in [-0.4, -0.2) is 48.4 Å². The first-order chi connectivity index (χ1) is 20.2. The Morgan fingerprint density at radius 2 is 0.907 bits per heavy atom. The first-order valence-corrected chi connectivity index (χ1v) is 20.9. The van der Waals surface area contributed by atoms with Gasteiger partial charge in [0.2, 0.25) is 0 Å². The molecule has 15 heteroatoms. The fourth-order valence-electron chi connectivity index (χ4n) is 4.13. The van der Waals surface area contributed by atoms with Crippen LogP contribution in [0.3, 0.4) is 0 Å². The molecule has 0 aromatic carbocycles. The average Bonchev–Trinajstić information content (AvgIpc) is 3.31. The highest BCUT2D eigenvalue weighted by atomic mass is 32.3. The molecule has 0 spiro atoms. The lowest BCUT2D eigenvalue weighted by atomic mass is 10.0. The number of rotatable bonds is 28. The van der Waals surface area contributed by atoms with Crippen LogP contribution in [-0.2, 0) is 29.2 Å². The van der Waals surface area contributed by atoms with Crippen LogP contribution in [0.5, 0.6) is 10.4 Å². The third-order valence-electron chi connectivity index (χ3n) is 6.78. The quantitative estimate of drug-likeness (QED) is 0.0608. The zero-order valence-corrected chi connectivity index (χ0v) is 31.0. The summed E-state index contributed by atoms with van der Waals surface area (Å²) in [6.07, 6.45) is 18.9. The molecular weight excluding hydrogens is 653 g/mol. The van der Waals surface area contributed by atoms with Crippen molar-refractivity contribution in [3.05, 3.63) is 0 Å². The zero-order valence-electron chi connectivity index (χ0n) is 26.9. The maximum absolute atomic E-state index is 12.2. The van der Waals surface area contributed by atoms with Gasteiger partial charge in [-0.2, -0.15) is 16.8 Å². The molecule has 0 saturated heterocycles. The summed E-state index contributed by atoms with van der Waals surface area (Å²) in [4.78, 5) is 0. The fourth-order valence-corrected chi connectivity index (χ4v) is 8.27. The number of aromatic nitrogens is 2. The van der Waals surface area contributed by atoms with Crippen LogP contribution in [0.15, 0.2) is 0 Å². The highest BCUT2D eigenvalue weighted by molar-refractivity contribution is 8.01. The van der Waals surface area contributed by atoms with Crippen molar-refractivity contribution in [3.63, 3.8) is 0 Å². The SMILES string of the molecule is CCCCCCCCCC(C)(C)SCOS(=O)(=O)Oc1nnc(OS(=O)(=O)OCSC(C)(C)CCCCCCCCC)s1. The van der Waals surface area contributed by atoms with Crippen molar-refractivity contribution in [2.24, 2.45) is 0 Å². The molecule has 0 aliphatic carbocycles.